The van der Waals surface area contributed by atoms with Gasteiger partial charge in [0.2, 0.25) is 5.91 Å². The highest BCUT2D eigenvalue weighted by molar-refractivity contribution is 14.1. The van der Waals surface area contributed by atoms with E-state index in [-0.39, 0.29) is 15.7 Å². The molecule has 126 valence electrons. The van der Waals surface area contributed by atoms with E-state index in [1.807, 2.05) is 53.0 Å². The zero-order valence-corrected chi connectivity index (χ0v) is 16.8. The molecule has 0 atom stereocenters. The average molecular weight is 466 g/mol. The molecule has 0 aliphatic carbocycles. The quantitative estimate of drug-likeness (QED) is 0.382. The third kappa shape index (κ3) is 5.46. The van der Waals surface area contributed by atoms with Gasteiger partial charge >= 0.3 is 0 Å². The van der Waals surface area contributed by atoms with Gasteiger partial charge in [0.15, 0.2) is 11.5 Å². The summed E-state index contributed by atoms with van der Waals surface area (Å²) in [6.07, 6.45) is 2.00. The van der Waals surface area contributed by atoms with E-state index in [2.05, 4.69) is 17.5 Å². The third-order valence-electron chi connectivity index (χ3n) is 3.13. The van der Waals surface area contributed by atoms with Crippen LogP contribution in [0.15, 0.2) is 17.2 Å². The Kier molecular flexibility index (Phi) is 6.90. The number of halogens is 1. The number of hydrogen-bond acceptors (Lipinski definition) is 6. The molecule has 2 rings (SSSR count). The molecule has 23 heavy (non-hydrogen) atoms. The molecule has 0 aromatic heterocycles. The van der Waals surface area contributed by atoms with Crippen LogP contribution in [0, 0.1) is 3.57 Å². The molecular formula is C15H19IN2O3S2. The molecule has 2 N–H and O–H groups in total. The van der Waals surface area contributed by atoms with Crippen molar-refractivity contribution in [2.75, 3.05) is 18.1 Å². The molecule has 1 aromatic carbocycles. The van der Waals surface area contributed by atoms with Crippen molar-refractivity contribution in [3.05, 3.63) is 21.3 Å². The standard InChI is InChI=1S/C15H19IN2O3S2/c1-3-21-12-7-10(6-11(16)14(12)20)9-17-18-13(19)8-15(2)22-4-5-23-15/h6-7,9,20H,3-5,8H2,1-2H3,(H,18,19)/b17-9+. The number of hydrazone groups is 1. The highest BCUT2D eigenvalue weighted by atomic mass is 127. The predicted octanol–water partition coefficient (Wildman–Crippen LogP) is 3.43. The molecule has 1 saturated heterocycles. The van der Waals surface area contributed by atoms with Gasteiger partial charge in [0, 0.05) is 11.5 Å². The lowest BCUT2D eigenvalue weighted by molar-refractivity contribution is -0.121. The number of thioether (sulfide) groups is 2. The van der Waals surface area contributed by atoms with Crippen molar-refractivity contribution in [1.82, 2.24) is 5.43 Å². The first-order valence-corrected chi connectivity index (χ1v) is 10.2. The number of benzene rings is 1. The Bertz CT molecular complexity index is 605. The normalized spacial score (nSPS) is 16.7. The van der Waals surface area contributed by atoms with E-state index in [0.29, 0.717) is 22.3 Å². The van der Waals surface area contributed by atoms with E-state index in [1.54, 1.807) is 18.3 Å². The summed E-state index contributed by atoms with van der Waals surface area (Å²) < 4.78 is 6.01. The van der Waals surface area contributed by atoms with Crippen molar-refractivity contribution >= 4 is 58.2 Å². The number of carbonyl (C=O) groups excluding carboxylic acids is 1. The maximum absolute atomic E-state index is 12.0. The Morgan fingerprint density at radius 1 is 1.52 bits per heavy atom. The van der Waals surface area contributed by atoms with Gasteiger partial charge in [-0.3, -0.25) is 4.79 Å². The van der Waals surface area contributed by atoms with Crippen LogP contribution in [0.5, 0.6) is 11.5 Å². The molecule has 0 saturated carbocycles. The van der Waals surface area contributed by atoms with Crippen LogP contribution in [0.4, 0.5) is 0 Å². The highest BCUT2D eigenvalue weighted by Gasteiger charge is 2.32. The fourth-order valence-electron chi connectivity index (χ4n) is 2.10. The first-order valence-electron chi connectivity index (χ1n) is 7.18. The van der Waals surface area contributed by atoms with Gasteiger partial charge in [-0.05, 0) is 54.1 Å². The molecule has 1 heterocycles. The van der Waals surface area contributed by atoms with Gasteiger partial charge in [-0.25, -0.2) is 5.43 Å². The molecule has 1 fully saturated rings. The molecule has 1 aromatic rings. The van der Waals surface area contributed by atoms with E-state index in [9.17, 15) is 9.90 Å². The summed E-state index contributed by atoms with van der Waals surface area (Å²) in [5, 5.41) is 13.9. The molecular weight excluding hydrogens is 447 g/mol. The van der Waals surface area contributed by atoms with Crippen molar-refractivity contribution < 1.29 is 14.6 Å². The van der Waals surface area contributed by atoms with Gasteiger partial charge < -0.3 is 9.84 Å². The zero-order chi connectivity index (χ0) is 16.9. The molecule has 0 unspecified atom stereocenters. The second kappa shape index (κ2) is 8.48. The van der Waals surface area contributed by atoms with Gasteiger partial charge in [0.1, 0.15) is 0 Å². The van der Waals surface area contributed by atoms with Gasteiger partial charge in [-0.15, -0.1) is 23.5 Å². The number of carbonyl (C=O) groups is 1. The van der Waals surface area contributed by atoms with E-state index in [0.717, 1.165) is 17.1 Å². The number of aromatic hydroxyl groups is 1. The van der Waals surface area contributed by atoms with Crippen LogP contribution < -0.4 is 10.2 Å². The number of phenolic OH excluding ortho intramolecular Hbond substituents is 1. The van der Waals surface area contributed by atoms with Crippen LogP contribution in [0.3, 0.4) is 0 Å². The minimum Gasteiger partial charge on any atom is -0.504 e. The Hall–Kier alpha value is -0.610. The van der Waals surface area contributed by atoms with Crippen molar-refractivity contribution in [3.63, 3.8) is 0 Å². The molecule has 0 bridgehead atoms. The third-order valence-corrected chi connectivity index (χ3v) is 7.25. The van der Waals surface area contributed by atoms with Gasteiger partial charge in [-0.2, -0.15) is 5.10 Å². The zero-order valence-electron chi connectivity index (χ0n) is 13.0. The summed E-state index contributed by atoms with van der Waals surface area (Å²) in [5.41, 5.74) is 3.32. The maximum atomic E-state index is 12.0. The van der Waals surface area contributed by atoms with E-state index >= 15 is 0 Å². The summed E-state index contributed by atoms with van der Waals surface area (Å²) in [7, 11) is 0. The smallest absolute Gasteiger partial charge is 0.242 e. The minimum absolute atomic E-state index is 0.0460. The Morgan fingerprint density at radius 2 is 2.22 bits per heavy atom. The van der Waals surface area contributed by atoms with Crippen molar-refractivity contribution in [2.45, 2.75) is 24.3 Å². The summed E-state index contributed by atoms with van der Waals surface area (Å²) >= 11 is 5.67. The molecule has 1 aliphatic heterocycles. The van der Waals surface area contributed by atoms with Gasteiger partial charge in [-0.1, -0.05) is 0 Å². The topological polar surface area (TPSA) is 70.9 Å². The monoisotopic (exact) mass is 466 g/mol. The molecule has 5 nitrogen and oxygen atoms in total. The second-order valence-electron chi connectivity index (χ2n) is 5.08. The summed E-state index contributed by atoms with van der Waals surface area (Å²) in [5.74, 6) is 2.62. The number of phenols is 1. The fraction of sp³-hybridized carbons (Fsp3) is 0.467. The van der Waals surface area contributed by atoms with E-state index in [1.165, 1.54) is 0 Å². The Balaban J connectivity index is 1.96. The van der Waals surface area contributed by atoms with Gasteiger partial charge in [0.25, 0.3) is 0 Å². The largest absolute Gasteiger partial charge is 0.504 e. The number of amides is 1. The first-order chi connectivity index (χ1) is 10.9. The Morgan fingerprint density at radius 3 is 2.87 bits per heavy atom. The number of nitrogens with one attached hydrogen (secondary N) is 1. The first kappa shape index (κ1) is 18.7. The van der Waals surface area contributed by atoms with Crippen LogP contribution in [-0.2, 0) is 4.79 Å². The summed E-state index contributed by atoms with van der Waals surface area (Å²) in [6, 6.07) is 3.47. The highest BCUT2D eigenvalue weighted by Crippen LogP contribution is 2.45. The number of ether oxygens (including phenoxy) is 1. The number of nitrogens with zero attached hydrogens (tertiary/aromatic N) is 1. The van der Waals surface area contributed by atoms with Crippen LogP contribution in [0.2, 0.25) is 0 Å². The summed E-state index contributed by atoms with van der Waals surface area (Å²) in [4.78, 5) is 12.0. The Labute approximate surface area is 158 Å². The van der Waals surface area contributed by atoms with Crippen molar-refractivity contribution in [3.8, 4) is 11.5 Å². The maximum Gasteiger partial charge on any atom is 0.242 e. The van der Waals surface area contributed by atoms with Crippen molar-refractivity contribution in [1.29, 1.82) is 0 Å². The van der Waals surface area contributed by atoms with Crippen LogP contribution in [0.1, 0.15) is 25.8 Å². The fourth-order valence-corrected chi connectivity index (χ4v) is 5.56. The molecule has 0 spiro atoms. The van der Waals surface area contributed by atoms with Crippen molar-refractivity contribution in [2.24, 2.45) is 5.10 Å². The predicted molar refractivity (Wildman–Crippen MR) is 106 cm³/mol. The number of rotatable bonds is 6. The lowest BCUT2D eigenvalue weighted by Crippen LogP contribution is -2.26. The molecule has 1 aliphatic rings. The van der Waals surface area contributed by atoms with Crippen LogP contribution in [0.25, 0.3) is 0 Å². The van der Waals surface area contributed by atoms with E-state index in [4.69, 9.17) is 4.74 Å². The lowest BCUT2D eigenvalue weighted by Gasteiger charge is -2.19. The summed E-state index contributed by atoms with van der Waals surface area (Å²) in [6.45, 7) is 4.41. The SMILES string of the molecule is CCOc1cc(/C=N/NC(=O)CC2(C)SCCS2)cc(I)c1O. The van der Waals surface area contributed by atoms with Crippen LogP contribution >= 0.6 is 46.1 Å². The minimum atomic E-state index is -0.0934. The number of hydrogen-bond donors (Lipinski definition) is 2. The van der Waals surface area contributed by atoms with Gasteiger partial charge in [0.05, 0.1) is 26.9 Å². The second-order valence-corrected chi connectivity index (χ2v) is 9.70. The molecule has 8 heteroatoms. The van der Waals surface area contributed by atoms with E-state index < -0.39 is 0 Å². The lowest BCUT2D eigenvalue weighted by atomic mass is 10.2. The van der Waals surface area contributed by atoms with Crippen LogP contribution in [-0.4, -0.2) is 39.4 Å². The molecule has 0 radical (unpaired) electrons. The average Bonchev–Trinajstić information content (AvgIpc) is 2.90. The molecule has 1 amide bonds.